The summed E-state index contributed by atoms with van der Waals surface area (Å²) < 4.78 is 42.6. The van der Waals surface area contributed by atoms with Crippen molar-refractivity contribution < 1.29 is 22.8 Å². The third-order valence-corrected chi connectivity index (χ3v) is 4.12. The summed E-state index contributed by atoms with van der Waals surface area (Å²) in [6.07, 6.45) is 1.26. The van der Waals surface area contributed by atoms with E-state index in [0.29, 0.717) is 0 Å². The average Bonchev–Trinajstić information content (AvgIpc) is 2.92. The summed E-state index contributed by atoms with van der Waals surface area (Å²) >= 11 is 3.01. The van der Waals surface area contributed by atoms with Crippen LogP contribution in [0.4, 0.5) is 13.2 Å². The number of rotatable bonds is 6. The molecule has 2 rings (SSSR count). The molecule has 0 saturated carbocycles. The van der Waals surface area contributed by atoms with E-state index in [9.17, 15) is 18.0 Å². The number of alkyl halides is 1. The van der Waals surface area contributed by atoms with Gasteiger partial charge in [-0.25, -0.2) is 18.2 Å². The third-order valence-electron chi connectivity index (χ3n) is 3.66. The molecule has 0 fully saturated rings. The lowest BCUT2D eigenvalue weighted by atomic mass is 10.0. The lowest BCUT2D eigenvalue weighted by molar-refractivity contribution is -0.119. The smallest absolute Gasteiger partial charge is 0.275 e. The predicted molar refractivity (Wildman–Crippen MR) is 88.4 cm³/mol. The van der Waals surface area contributed by atoms with Crippen LogP contribution in [0.1, 0.15) is 28.5 Å². The number of aryl methyl sites for hydroxylation is 1. The molecule has 0 spiro atoms. The Bertz CT molecular complexity index is 759. The number of aromatic nitrogens is 2. The Morgan fingerprint density at radius 2 is 2.00 bits per heavy atom. The quantitative estimate of drug-likeness (QED) is 0.672. The highest BCUT2D eigenvalue weighted by Gasteiger charge is 2.27. The van der Waals surface area contributed by atoms with E-state index in [2.05, 4.69) is 21.0 Å². The van der Waals surface area contributed by atoms with E-state index in [0.717, 1.165) is 17.2 Å². The van der Waals surface area contributed by atoms with Gasteiger partial charge in [0.1, 0.15) is 24.0 Å². The number of hydrogen-bond acceptors (Lipinski definition) is 3. The van der Waals surface area contributed by atoms with Crippen LogP contribution in [0, 0.1) is 11.6 Å². The van der Waals surface area contributed by atoms with Gasteiger partial charge < -0.3 is 0 Å². The van der Waals surface area contributed by atoms with Crippen LogP contribution in [0.5, 0.6) is 0 Å². The first-order valence-corrected chi connectivity index (χ1v) is 8.17. The summed E-state index contributed by atoms with van der Waals surface area (Å²) in [6.45, 7) is 0.664. The average molecular weight is 420 g/mol. The highest BCUT2D eigenvalue weighted by Crippen LogP contribution is 2.23. The number of amides is 1. The van der Waals surface area contributed by atoms with Gasteiger partial charge in [0.15, 0.2) is 0 Å². The lowest BCUT2D eigenvalue weighted by Crippen LogP contribution is -2.39. The summed E-state index contributed by atoms with van der Waals surface area (Å²) in [5.74, 6) is -2.09. The highest BCUT2D eigenvalue weighted by molar-refractivity contribution is 9.10. The van der Waals surface area contributed by atoms with Gasteiger partial charge in [-0.05, 0) is 19.1 Å². The molecule has 1 atom stereocenters. The number of nitrogens with zero attached hydrogens (tertiary/aromatic N) is 3. The number of carbonyl (C=O) groups excluding carboxylic acids is 1. The summed E-state index contributed by atoms with van der Waals surface area (Å²) in [6, 6.07) is 1.59. The molecule has 0 aliphatic carbocycles. The van der Waals surface area contributed by atoms with Crippen molar-refractivity contribution in [3.05, 3.63) is 51.3 Å². The molecular formula is C16H17BrF3N3O2. The van der Waals surface area contributed by atoms with Gasteiger partial charge in [0.2, 0.25) is 0 Å². The molecule has 1 aromatic heterocycles. The Morgan fingerprint density at radius 3 is 2.52 bits per heavy atom. The van der Waals surface area contributed by atoms with Gasteiger partial charge in [-0.15, -0.1) is 0 Å². The number of hydroxylamine groups is 2. The number of carbonyl (C=O) groups is 1. The van der Waals surface area contributed by atoms with Crippen molar-refractivity contribution in [3.63, 3.8) is 0 Å². The zero-order valence-corrected chi connectivity index (χ0v) is 15.5. The van der Waals surface area contributed by atoms with E-state index in [4.69, 9.17) is 4.84 Å². The number of halogens is 4. The summed E-state index contributed by atoms with van der Waals surface area (Å²) in [7, 11) is 2.82. The van der Waals surface area contributed by atoms with Gasteiger partial charge in [-0.3, -0.25) is 14.3 Å². The molecule has 1 amide bonds. The molecule has 1 heterocycles. The highest BCUT2D eigenvalue weighted by atomic mass is 79.9. The SMILES string of the molecule is CON(C(=O)c1cn(C)nc1CF)C(C)Cc1c(F)cc(Br)cc1F. The molecule has 0 bridgehead atoms. The molecule has 2 aromatic rings. The number of benzene rings is 1. The predicted octanol–water partition coefficient (Wildman–Crippen LogP) is 3.57. The lowest BCUT2D eigenvalue weighted by Gasteiger charge is -2.26. The molecule has 1 aromatic carbocycles. The Labute approximate surface area is 151 Å². The van der Waals surface area contributed by atoms with Crippen LogP contribution in [0.25, 0.3) is 0 Å². The van der Waals surface area contributed by atoms with Crippen molar-refractivity contribution in [1.82, 2.24) is 14.8 Å². The largest absolute Gasteiger partial charge is 0.281 e. The normalized spacial score (nSPS) is 12.3. The molecule has 5 nitrogen and oxygen atoms in total. The molecule has 0 aliphatic heterocycles. The van der Waals surface area contributed by atoms with E-state index in [1.807, 2.05) is 0 Å². The number of hydrogen-bond donors (Lipinski definition) is 0. The topological polar surface area (TPSA) is 47.4 Å². The van der Waals surface area contributed by atoms with Gasteiger partial charge in [-0.2, -0.15) is 5.10 Å². The Kier molecular flexibility index (Phi) is 6.23. The fourth-order valence-corrected chi connectivity index (χ4v) is 2.94. The van der Waals surface area contributed by atoms with E-state index >= 15 is 0 Å². The Morgan fingerprint density at radius 1 is 1.40 bits per heavy atom. The van der Waals surface area contributed by atoms with Crippen molar-refractivity contribution in [2.75, 3.05) is 7.11 Å². The first kappa shape index (κ1) is 19.5. The summed E-state index contributed by atoms with van der Waals surface area (Å²) in [5.41, 5.74) is -0.152. The van der Waals surface area contributed by atoms with Gasteiger partial charge in [0.25, 0.3) is 5.91 Å². The molecule has 0 radical (unpaired) electrons. The van der Waals surface area contributed by atoms with Crippen LogP contribution in [-0.4, -0.2) is 33.9 Å². The second kappa shape index (κ2) is 8.01. The molecule has 0 aliphatic rings. The maximum absolute atomic E-state index is 14.0. The maximum atomic E-state index is 14.0. The van der Waals surface area contributed by atoms with Crippen molar-refractivity contribution in [3.8, 4) is 0 Å². The monoisotopic (exact) mass is 419 g/mol. The van der Waals surface area contributed by atoms with Crippen LogP contribution in [0.3, 0.4) is 0 Å². The second-order valence-corrected chi connectivity index (χ2v) is 6.43. The standard InChI is InChI=1S/C16H17BrF3N3O2/c1-9(4-11-13(19)5-10(17)6-14(11)20)23(25-3)16(24)12-8-22(2)21-15(12)7-18/h5-6,8-9H,4,7H2,1-3H3. The molecule has 1 unspecified atom stereocenters. The molecule has 136 valence electrons. The van der Waals surface area contributed by atoms with Crippen molar-refractivity contribution >= 4 is 21.8 Å². The van der Waals surface area contributed by atoms with Crippen LogP contribution < -0.4 is 0 Å². The first-order valence-electron chi connectivity index (χ1n) is 7.38. The molecule has 9 heteroatoms. The van der Waals surface area contributed by atoms with Crippen molar-refractivity contribution in [2.45, 2.75) is 26.1 Å². The van der Waals surface area contributed by atoms with E-state index in [-0.39, 0.29) is 27.7 Å². The summed E-state index contributed by atoms with van der Waals surface area (Å²) in [4.78, 5) is 17.7. The van der Waals surface area contributed by atoms with E-state index < -0.39 is 30.3 Å². The Hall–Kier alpha value is -1.87. The van der Waals surface area contributed by atoms with E-state index in [1.165, 1.54) is 18.0 Å². The third kappa shape index (κ3) is 4.21. The molecular weight excluding hydrogens is 403 g/mol. The first-order chi connectivity index (χ1) is 11.8. The molecule has 25 heavy (non-hydrogen) atoms. The van der Waals surface area contributed by atoms with Crippen LogP contribution in [-0.2, 0) is 25.0 Å². The van der Waals surface area contributed by atoms with Crippen LogP contribution in [0.15, 0.2) is 22.8 Å². The van der Waals surface area contributed by atoms with Gasteiger partial charge in [0.05, 0.1) is 18.7 Å². The van der Waals surface area contributed by atoms with Crippen molar-refractivity contribution in [1.29, 1.82) is 0 Å². The minimum atomic E-state index is -0.913. The fourth-order valence-electron chi connectivity index (χ4n) is 2.54. The van der Waals surface area contributed by atoms with Crippen LogP contribution in [0.2, 0.25) is 0 Å². The summed E-state index contributed by atoms with van der Waals surface area (Å²) in [5, 5.41) is 4.82. The minimum Gasteiger partial charge on any atom is -0.275 e. The Balaban J connectivity index is 2.27. The van der Waals surface area contributed by atoms with E-state index in [1.54, 1.807) is 14.0 Å². The maximum Gasteiger partial charge on any atom is 0.281 e. The van der Waals surface area contributed by atoms with Crippen molar-refractivity contribution in [2.24, 2.45) is 7.05 Å². The van der Waals surface area contributed by atoms with Gasteiger partial charge in [-0.1, -0.05) is 15.9 Å². The molecule has 0 saturated heterocycles. The fraction of sp³-hybridized carbons (Fsp3) is 0.375. The second-order valence-electron chi connectivity index (χ2n) is 5.51. The van der Waals surface area contributed by atoms with Gasteiger partial charge in [0, 0.05) is 29.7 Å². The minimum absolute atomic E-state index is 0.0252. The van der Waals surface area contributed by atoms with Crippen LogP contribution >= 0.6 is 15.9 Å². The zero-order chi connectivity index (χ0) is 18.7. The molecule has 0 N–H and O–H groups in total. The zero-order valence-electron chi connectivity index (χ0n) is 13.9. The van der Waals surface area contributed by atoms with Gasteiger partial charge >= 0.3 is 0 Å².